The molecule has 0 unspecified atom stereocenters. The highest BCUT2D eigenvalue weighted by Crippen LogP contribution is 2.40. The van der Waals surface area contributed by atoms with Gasteiger partial charge in [0.2, 0.25) is 5.91 Å². The Morgan fingerprint density at radius 2 is 2.08 bits per heavy atom. The minimum absolute atomic E-state index is 0.0459. The lowest BCUT2D eigenvalue weighted by atomic mass is 9.78. The van der Waals surface area contributed by atoms with Crippen molar-refractivity contribution in [3.63, 3.8) is 0 Å². The predicted octanol–water partition coefficient (Wildman–Crippen LogP) is 1.06. The maximum Gasteiger partial charge on any atom is 0.253 e. The molecule has 136 valence electrons. The van der Waals surface area contributed by atoms with E-state index in [1.54, 1.807) is 21.7 Å². The summed E-state index contributed by atoms with van der Waals surface area (Å²) in [4.78, 5) is 29.3. The van der Waals surface area contributed by atoms with Crippen molar-refractivity contribution >= 4 is 11.8 Å². The van der Waals surface area contributed by atoms with Gasteiger partial charge in [-0.05, 0) is 54.8 Å². The quantitative estimate of drug-likeness (QED) is 0.805. The highest BCUT2D eigenvalue weighted by molar-refractivity contribution is 5.96. The molecular formula is C18H22N6O2. The molecule has 0 N–H and O–H groups in total. The number of carbonyl (C=O) groups is 2. The average molecular weight is 354 g/mol. The molecule has 2 saturated heterocycles. The van der Waals surface area contributed by atoms with Crippen LogP contribution in [0.5, 0.6) is 0 Å². The van der Waals surface area contributed by atoms with Gasteiger partial charge in [0.1, 0.15) is 0 Å². The van der Waals surface area contributed by atoms with Crippen LogP contribution in [0.2, 0.25) is 0 Å². The summed E-state index contributed by atoms with van der Waals surface area (Å²) in [6.07, 6.45) is 2.61. The first-order valence-corrected chi connectivity index (χ1v) is 8.90. The number of aromatic nitrogens is 4. The normalized spacial score (nSPS) is 23.1. The summed E-state index contributed by atoms with van der Waals surface area (Å²) in [5.41, 5.74) is 0.943. The summed E-state index contributed by atoms with van der Waals surface area (Å²) >= 11 is 0. The van der Waals surface area contributed by atoms with Gasteiger partial charge in [-0.3, -0.25) is 9.59 Å². The Balaban J connectivity index is 1.56. The summed E-state index contributed by atoms with van der Waals surface area (Å²) in [5, 5.41) is 11.5. The molecular weight excluding hydrogens is 332 g/mol. The Bertz CT molecular complexity index is 863. The number of hydrogen-bond acceptors (Lipinski definition) is 5. The smallest absolute Gasteiger partial charge is 0.253 e. The van der Waals surface area contributed by atoms with Crippen LogP contribution < -0.4 is 0 Å². The third-order valence-electron chi connectivity index (χ3n) is 5.55. The molecule has 1 spiro atoms. The molecule has 0 saturated carbocycles. The Kier molecular flexibility index (Phi) is 3.97. The molecule has 4 rings (SSSR count). The van der Waals surface area contributed by atoms with E-state index in [1.165, 1.54) is 0 Å². The van der Waals surface area contributed by atoms with Crippen LogP contribution in [0.15, 0.2) is 24.3 Å². The molecule has 3 heterocycles. The van der Waals surface area contributed by atoms with Crippen LogP contribution in [0.25, 0.3) is 5.69 Å². The van der Waals surface area contributed by atoms with Gasteiger partial charge in [-0.25, -0.2) is 0 Å². The molecule has 0 radical (unpaired) electrons. The first-order chi connectivity index (χ1) is 12.5. The van der Waals surface area contributed by atoms with Crippen molar-refractivity contribution < 1.29 is 9.59 Å². The fourth-order valence-corrected chi connectivity index (χ4v) is 4.12. The second-order valence-electron chi connectivity index (χ2n) is 7.28. The first-order valence-electron chi connectivity index (χ1n) is 8.90. The second-order valence-corrected chi connectivity index (χ2v) is 7.28. The van der Waals surface area contributed by atoms with Gasteiger partial charge in [-0.2, -0.15) is 4.68 Å². The molecule has 1 atom stereocenters. The summed E-state index contributed by atoms with van der Waals surface area (Å²) in [6, 6.07) is 7.29. The molecule has 2 aromatic rings. The molecule has 2 amide bonds. The van der Waals surface area contributed by atoms with Gasteiger partial charge in [-0.15, -0.1) is 5.10 Å². The standard InChI is InChI=1S/C18H22N6O2/c1-13-19-20-21-24(13)15-6-3-5-14(11-15)16(25)23-10-8-18(12-23)7-4-9-22(2)17(18)26/h3,5-6,11H,4,7-10,12H2,1-2H3/t18-/m1/s1. The lowest BCUT2D eigenvalue weighted by Crippen LogP contribution is -2.48. The molecule has 1 aromatic heterocycles. The van der Waals surface area contributed by atoms with Crippen molar-refractivity contribution in [3.05, 3.63) is 35.7 Å². The van der Waals surface area contributed by atoms with Crippen LogP contribution >= 0.6 is 0 Å². The van der Waals surface area contributed by atoms with E-state index in [1.807, 2.05) is 31.0 Å². The minimum Gasteiger partial charge on any atom is -0.345 e. The van der Waals surface area contributed by atoms with Crippen LogP contribution in [-0.2, 0) is 4.79 Å². The number of rotatable bonds is 2. The van der Waals surface area contributed by atoms with Crippen molar-refractivity contribution in [2.75, 3.05) is 26.7 Å². The van der Waals surface area contributed by atoms with E-state index in [2.05, 4.69) is 15.5 Å². The number of piperidine rings is 1. The number of carbonyl (C=O) groups excluding carboxylic acids is 2. The van der Waals surface area contributed by atoms with Crippen molar-refractivity contribution in [1.82, 2.24) is 30.0 Å². The van der Waals surface area contributed by atoms with E-state index in [0.717, 1.165) is 31.5 Å². The van der Waals surface area contributed by atoms with Crippen molar-refractivity contribution in [2.45, 2.75) is 26.2 Å². The Labute approximate surface area is 151 Å². The van der Waals surface area contributed by atoms with Gasteiger partial charge in [0.25, 0.3) is 5.91 Å². The zero-order valence-corrected chi connectivity index (χ0v) is 15.1. The van der Waals surface area contributed by atoms with E-state index in [0.29, 0.717) is 24.5 Å². The Morgan fingerprint density at radius 1 is 1.23 bits per heavy atom. The summed E-state index contributed by atoms with van der Waals surface area (Å²) < 4.78 is 1.60. The van der Waals surface area contributed by atoms with Gasteiger partial charge < -0.3 is 9.80 Å². The van der Waals surface area contributed by atoms with Crippen LogP contribution in [0.4, 0.5) is 0 Å². The Morgan fingerprint density at radius 3 is 2.85 bits per heavy atom. The van der Waals surface area contributed by atoms with Gasteiger partial charge in [-0.1, -0.05) is 6.07 Å². The number of amides is 2. The van der Waals surface area contributed by atoms with Crippen LogP contribution in [-0.4, -0.2) is 68.5 Å². The lowest BCUT2D eigenvalue weighted by molar-refractivity contribution is -0.143. The molecule has 2 fully saturated rings. The fourth-order valence-electron chi connectivity index (χ4n) is 4.12. The topological polar surface area (TPSA) is 84.2 Å². The maximum atomic E-state index is 13.0. The third kappa shape index (κ3) is 2.65. The average Bonchev–Trinajstić information content (AvgIpc) is 3.26. The summed E-state index contributed by atoms with van der Waals surface area (Å²) in [7, 11) is 1.85. The van der Waals surface area contributed by atoms with Gasteiger partial charge >= 0.3 is 0 Å². The van der Waals surface area contributed by atoms with Crippen LogP contribution in [0.3, 0.4) is 0 Å². The zero-order valence-electron chi connectivity index (χ0n) is 15.1. The van der Waals surface area contributed by atoms with Crippen LogP contribution in [0, 0.1) is 12.3 Å². The summed E-state index contributed by atoms with van der Waals surface area (Å²) in [5.74, 6) is 0.790. The van der Waals surface area contributed by atoms with E-state index in [-0.39, 0.29) is 11.8 Å². The molecule has 0 aliphatic carbocycles. The van der Waals surface area contributed by atoms with E-state index >= 15 is 0 Å². The van der Waals surface area contributed by atoms with Gasteiger partial charge in [0, 0.05) is 32.2 Å². The molecule has 1 aromatic carbocycles. The third-order valence-corrected chi connectivity index (χ3v) is 5.55. The summed E-state index contributed by atoms with van der Waals surface area (Å²) in [6.45, 7) is 3.74. The molecule has 2 aliphatic rings. The highest BCUT2D eigenvalue weighted by atomic mass is 16.2. The number of benzene rings is 1. The number of aryl methyl sites for hydroxylation is 1. The second kappa shape index (κ2) is 6.19. The minimum atomic E-state index is -0.396. The van der Waals surface area contributed by atoms with Gasteiger partial charge in [0.05, 0.1) is 11.1 Å². The van der Waals surface area contributed by atoms with Gasteiger partial charge in [0.15, 0.2) is 5.82 Å². The van der Waals surface area contributed by atoms with Crippen molar-refractivity contribution in [2.24, 2.45) is 5.41 Å². The van der Waals surface area contributed by atoms with E-state index in [4.69, 9.17) is 0 Å². The van der Waals surface area contributed by atoms with E-state index in [9.17, 15) is 9.59 Å². The van der Waals surface area contributed by atoms with Crippen molar-refractivity contribution in [3.8, 4) is 5.69 Å². The first kappa shape index (κ1) is 16.7. The molecule has 8 heteroatoms. The lowest BCUT2D eigenvalue weighted by Gasteiger charge is -2.37. The SMILES string of the molecule is Cc1nnnn1-c1cccc(C(=O)N2CC[C@]3(CCCN(C)C3=O)C2)c1. The van der Waals surface area contributed by atoms with E-state index < -0.39 is 5.41 Å². The number of hydrogen-bond donors (Lipinski definition) is 0. The molecule has 8 nitrogen and oxygen atoms in total. The zero-order chi connectivity index (χ0) is 18.3. The maximum absolute atomic E-state index is 13.0. The number of tetrazole rings is 1. The Hall–Kier alpha value is -2.77. The van der Waals surface area contributed by atoms with Crippen molar-refractivity contribution in [1.29, 1.82) is 0 Å². The monoisotopic (exact) mass is 354 g/mol. The molecule has 2 aliphatic heterocycles. The highest BCUT2D eigenvalue weighted by Gasteiger charge is 2.48. The number of likely N-dealkylation sites (tertiary alicyclic amines) is 2. The fraction of sp³-hybridized carbons (Fsp3) is 0.500. The van der Waals surface area contributed by atoms with Crippen LogP contribution in [0.1, 0.15) is 35.4 Å². The predicted molar refractivity (Wildman–Crippen MR) is 93.7 cm³/mol. The molecule has 26 heavy (non-hydrogen) atoms. The molecule has 0 bridgehead atoms. The number of nitrogens with zero attached hydrogens (tertiary/aromatic N) is 6. The largest absolute Gasteiger partial charge is 0.345 e.